The number of nitro benzene ring substituents is 1. The Hall–Kier alpha value is -2.11. The van der Waals surface area contributed by atoms with Crippen LogP contribution in [0.15, 0.2) is 18.2 Å². The summed E-state index contributed by atoms with van der Waals surface area (Å²) in [6.07, 6.45) is 2.00. The molecule has 1 aromatic rings. The molecule has 1 aliphatic rings. The Bertz CT molecular complexity index is 524. The van der Waals surface area contributed by atoms with Crippen LogP contribution in [0.4, 0.5) is 11.4 Å². The molecular weight excluding hydrogens is 246 g/mol. The summed E-state index contributed by atoms with van der Waals surface area (Å²) in [5.74, 6) is -0.296. The number of carbonyl (C=O) groups is 1. The number of nitrogens with zero attached hydrogens (tertiary/aromatic N) is 1. The van der Waals surface area contributed by atoms with E-state index in [2.05, 4.69) is 10.6 Å². The van der Waals surface area contributed by atoms with Gasteiger partial charge in [0.25, 0.3) is 11.6 Å². The summed E-state index contributed by atoms with van der Waals surface area (Å²) in [6, 6.07) is 4.53. The fourth-order valence-electron chi connectivity index (χ4n) is 1.83. The predicted octanol–water partition coefficient (Wildman–Crippen LogP) is 2.31. The largest absolute Gasteiger partial charge is 0.374 e. The summed E-state index contributed by atoms with van der Waals surface area (Å²) < 4.78 is 0. The van der Waals surface area contributed by atoms with Gasteiger partial charge in [0, 0.05) is 23.7 Å². The molecule has 2 N–H and O–H groups in total. The second-order valence-electron chi connectivity index (χ2n) is 5.03. The van der Waals surface area contributed by atoms with Gasteiger partial charge in [0.05, 0.1) is 4.92 Å². The van der Waals surface area contributed by atoms with E-state index < -0.39 is 4.92 Å². The van der Waals surface area contributed by atoms with Gasteiger partial charge in [-0.3, -0.25) is 14.9 Å². The monoisotopic (exact) mass is 263 g/mol. The number of rotatable bonds is 5. The van der Waals surface area contributed by atoms with E-state index in [4.69, 9.17) is 0 Å². The second-order valence-corrected chi connectivity index (χ2v) is 5.03. The minimum atomic E-state index is -0.462. The standard InChI is InChI=1S/C13H17N3O3/c1-3-14-12(17)9-4-5-10(11(8-9)16(18)19)15-13(2)6-7-13/h4-5,8,15H,3,6-7H2,1-2H3,(H,14,17). The van der Waals surface area contributed by atoms with Crippen molar-refractivity contribution in [1.82, 2.24) is 5.32 Å². The van der Waals surface area contributed by atoms with E-state index in [1.54, 1.807) is 19.1 Å². The van der Waals surface area contributed by atoms with E-state index in [0.717, 1.165) is 12.8 Å². The number of amides is 1. The van der Waals surface area contributed by atoms with Crippen molar-refractivity contribution in [2.75, 3.05) is 11.9 Å². The maximum absolute atomic E-state index is 11.7. The second kappa shape index (κ2) is 4.87. The van der Waals surface area contributed by atoms with Crippen molar-refractivity contribution >= 4 is 17.3 Å². The van der Waals surface area contributed by atoms with Gasteiger partial charge in [-0.1, -0.05) is 0 Å². The van der Waals surface area contributed by atoms with Gasteiger partial charge in [-0.05, 0) is 38.8 Å². The van der Waals surface area contributed by atoms with E-state index in [0.29, 0.717) is 17.8 Å². The minimum absolute atomic E-state index is 0.0437. The van der Waals surface area contributed by atoms with Crippen molar-refractivity contribution in [1.29, 1.82) is 0 Å². The summed E-state index contributed by atoms with van der Waals surface area (Å²) >= 11 is 0. The van der Waals surface area contributed by atoms with Gasteiger partial charge in [-0.25, -0.2) is 0 Å². The number of hydrogen-bond acceptors (Lipinski definition) is 4. The lowest BCUT2D eigenvalue weighted by atomic mass is 10.1. The van der Waals surface area contributed by atoms with Crippen LogP contribution in [0, 0.1) is 10.1 Å². The molecular formula is C13H17N3O3. The fourth-order valence-corrected chi connectivity index (χ4v) is 1.83. The molecule has 1 aromatic carbocycles. The molecule has 0 radical (unpaired) electrons. The summed E-state index contributed by atoms with van der Waals surface area (Å²) in [5, 5.41) is 16.9. The fraction of sp³-hybridized carbons (Fsp3) is 0.462. The smallest absolute Gasteiger partial charge is 0.293 e. The number of nitro groups is 1. The van der Waals surface area contributed by atoms with Crippen molar-refractivity contribution in [2.45, 2.75) is 32.2 Å². The molecule has 6 nitrogen and oxygen atoms in total. The quantitative estimate of drug-likeness (QED) is 0.630. The highest BCUT2D eigenvalue weighted by molar-refractivity contribution is 5.95. The van der Waals surface area contributed by atoms with Gasteiger partial charge in [-0.15, -0.1) is 0 Å². The van der Waals surface area contributed by atoms with E-state index in [1.165, 1.54) is 6.07 Å². The molecule has 0 unspecified atom stereocenters. The molecule has 1 fully saturated rings. The van der Waals surface area contributed by atoms with Gasteiger partial charge >= 0.3 is 0 Å². The predicted molar refractivity (Wildman–Crippen MR) is 72.4 cm³/mol. The number of hydrogen-bond donors (Lipinski definition) is 2. The first-order valence-corrected chi connectivity index (χ1v) is 6.30. The molecule has 0 atom stereocenters. The normalized spacial score (nSPS) is 15.7. The molecule has 2 rings (SSSR count). The maximum atomic E-state index is 11.7. The molecule has 0 spiro atoms. The SMILES string of the molecule is CCNC(=O)c1ccc(NC2(C)CC2)c([N+](=O)[O-])c1. The third-order valence-electron chi connectivity index (χ3n) is 3.23. The number of nitrogens with one attached hydrogen (secondary N) is 2. The molecule has 19 heavy (non-hydrogen) atoms. The van der Waals surface area contributed by atoms with Crippen molar-refractivity contribution in [3.63, 3.8) is 0 Å². The van der Waals surface area contributed by atoms with Gasteiger partial charge in [0.1, 0.15) is 5.69 Å². The molecule has 0 aromatic heterocycles. The molecule has 1 aliphatic carbocycles. The van der Waals surface area contributed by atoms with Crippen LogP contribution in [0.1, 0.15) is 37.0 Å². The molecule has 0 aliphatic heterocycles. The Morgan fingerprint density at radius 1 is 1.47 bits per heavy atom. The van der Waals surface area contributed by atoms with Crippen molar-refractivity contribution < 1.29 is 9.72 Å². The van der Waals surface area contributed by atoms with Crippen molar-refractivity contribution in [2.24, 2.45) is 0 Å². The Balaban J connectivity index is 2.29. The van der Waals surface area contributed by atoms with Crippen molar-refractivity contribution in [3.8, 4) is 0 Å². The first kappa shape index (κ1) is 13.3. The van der Waals surface area contributed by atoms with Crippen LogP contribution < -0.4 is 10.6 Å². The van der Waals surface area contributed by atoms with Crippen LogP contribution in [-0.2, 0) is 0 Å². The molecule has 0 saturated heterocycles. The number of anilines is 1. The highest BCUT2D eigenvalue weighted by Crippen LogP contribution is 2.40. The van der Waals surface area contributed by atoms with Gasteiger partial charge in [0.15, 0.2) is 0 Å². The summed E-state index contributed by atoms with van der Waals surface area (Å²) in [6.45, 7) is 4.31. The van der Waals surface area contributed by atoms with Gasteiger partial charge < -0.3 is 10.6 Å². The highest BCUT2D eigenvalue weighted by atomic mass is 16.6. The van der Waals surface area contributed by atoms with Crippen LogP contribution >= 0.6 is 0 Å². The molecule has 1 amide bonds. The highest BCUT2D eigenvalue weighted by Gasteiger charge is 2.38. The minimum Gasteiger partial charge on any atom is -0.374 e. The molecule has 1 saturated carbocycles. The summed E-state index contributed by atoms with van der Waals surface area (Å²) in [4.78, 5) is 22.3. The Morgan fingerprint density at radius 3 is 2.68 bits per heavy atom. The zero-order valence-corrected chi connectivity index (χ0v) is 11.0. The van der Waals surface area contributed by atoms with Gasteiger partial charge in [-0.2, -0.15) is 0 Å². The summed E-state index contributed by atoms with van der Waals surface area (Å²) in [5.41, 5.74) is 0.674. The lowest BCUT2D eigenvalue weighted by Gasteiger charge is -2.13. The average Bonchev–Trinajstić information content (AvgIpc) is 3.07. The molecule has 0 bridgehead atoms. The van der Waals surface area contributed by atoms with Crippen LogP contribution in [0.2, 0.25) is 0 Å². The zero-order chi connectivity index (χ0) is 14.0. The maximum Gasteiger partial charge on any atom is 0.293 e. The van der Waals surface area contributed by atoms with Crippen LogP contribution in [-0.4, -0.2) is 22.9 Å². The van der Waals surface area contributed by atoms with E-state index in [9.17, 15) is 14.9 Å². The Morgan fingerprint density at radius 2 is 2.16 bits per heavy atom. The van der Waals surface area contributed by atoms with Crippen LogP contribution in [0.5, 0.6) is 0 Å². The topological polar surface area (TPSA) is 84.3 Å². The van der Waals surface area contributed by atoms with E-state index in [1.807, 2.05) is 6.92 Å². The number of carbonyl (C=O) groups excluding carboxylic acids is 1. The van der Waals surface area contributed by atoms with Gasteiger partial charge in [0.2, 0.25) is 0 Å². The summed E-state index contributed by atoms with van der Waals surface area (Å²) in [7, 11) is 0. The van der Waals surface area contributed by atoms with Crippen molar-refractivity contribution in [3.05, 3.63) is 33.9 Å². The zero-order valence-electron chi connectivity index (χ0n) is 11.0. The lowest BCUT2D eigenvalue weighted by molar-refractivity contribution is -0.384. The lowest BCUT2D eigenvalue weighted by Crippen LogP contribution is -2.23. The molecule has 6 heteroatoms. The number of benzene rings is 1. The third-order valence-corrected chi connectivity index (χ3v) is 3.23. The Kier molecular flexibility index (Phi) is 3.42. The molecule has 0 heterocycles. The van der Waals surface area contributed by atoms with Crippen LogP contribution in [0.25, 0.3) is 0 Å². The Labute approximate surface area is 111 Å². The average molecular weight is 263 g/mol. The first-order valence-electron chi connectivity index (χ1n) is 6.30. The van der Waals surface area contributed by atoms with Crippen LogP contribution in [0.3, 0.4) is 0 Å². The third kappa shape index (κ3) is 3.01. The van der Waals surface area contributed by atoms with E-state index >= 15 is 0 Å². The van der Waals surface area contributed by atoms with E-state index in [-0.39, 0.29) is 17.1 Å². The first-order chi connectivity index (χ1) is 8.95. The molecule has 102 valence electrons.